The number of hydrogen-bond donors (Lipinski definition) is 1. The van der Waals surface area contributed by atoms with Gasteiger partial charge >= 0.3 is 0 Å². The molecule has 32 heavy (non-hydrogen) atoms. The fourth-order valence-corrected chi connectivity index (χ4v) is 3.44. The van der Waals surface area contributed by atoms with Crippen molar-refractivity contribution in [2.24, 2.45) is 5.18 Å². The van der Waals surface area contributed by atoms with E-state index in [2.05, 4.69) is 20.4 Å². The van der Waals surface area contributed by atoms with Crippen LogP contribution in [0.3, 0.4) is 0 Å². The van der Waals surface area contributed by atoms with Gasteiger partial charge in [-0.25, -0.2) is 0 Å². The van der Waals surface area contributed by atoms with Gasteiger partial charge in [-0.3, -0.25) is 9.89 Å². The molecule has 0 radical (unpaired) electrons. The number of methoxy groups -OCH3 is 1. The van der Waals surface area contributed by atoms with E-state index < -0.39 is 5.91 Å². The van der Waals surface area contributed by atoms with Crippen LogP contribution in [0.2, 0.25) is 0 Å². The van der Waals surface area contributed by atoms with Gasteiger partial charge in [0.15, 0.2) is 23.1 Å². The Balaban J connectivity index is 1.50. The summed E-state index contributed by atoms with van der Waals surface area (Å²) in [6.45, 7) is 0.407. The third-order valence-electron chi connectivity index (χ3n) is 4.42. The summed E-state index contributed by atoms with van der Waals surface area (Å²) in [7, 11) is 1.59. The fraction of sp³-hybridized carbons (Fsp3) is 0.136. The number of rotatable bonds is 9. The van der Waals surface area contributed by atoms with Gasteiger partial charge in [-0.2, -0.15) is 4.98 Å². The van der Waals surface area contributed by atoms with E-state index in [1.807, 2.05) is 54.6 Å². The van der Waals surface area contributed by atoms with Crippen LogP contribution in [-0.2, 0) is 11.4 Å². The molecule has 2 aromatic carbocycles. The van der Waals surface area contributed by atoms with Crippen LogP contribution >= 0.6 is 11.8 Å². The van der Waals surface area contributed by atoms with Crippen molar-refractivity contribution < 1.29 is 18.7 Å². The van der Waals surface area contributed by atoms with Gasteiger partial charge in [-0.15, -0.1) is 10.0 Å². The molecule has 0 aliphatic heterocycles. The summed E-state index contributed by atoms with van der Waals surface area (Å²) >= 11 is 1.01. The molecular formula is C22H18N4O5S. The van der Waals surface area contributed by atoms with Crippen LogP contribution in [0.4, 0.5) is 0 Å². The van der Waals surface area contributed by atoms with Crippen molar-refractivity contribution >= 4 is 17.7 Å². The maximum absolute atomic E-state index is 11.0. The number of nitroso groups, excluding NO2 is 1. The van der Waals surface area contributed by atoms with E-state index in [1.54, 1.807) is 13.2 Å². The highest BCUT2D eigenvalue weighted by Crippen LogP contribution is 2.35. The third-order valence-corrected chi connectivity index (χ3v) is 5.25. The average molecular weight is 450 g/mol. The zero-order valence-corrected chi connectivity index (χ0v) is 17.8. The first-order valence-electron chi connectivity index (χ1n) is 9.53. The van der Waals surface area contributed by atoms with E-state index in [0.29, 0.717) is 40.6 Å². The molecule has 0 spiro atoms. The number of amides is 1. The molecule has 0 bridgehead atoms. The lowest BCUT2D eigenvalue weighted by molar-refractivity contribution is -0.115. The molecule has 0 saturated heterocycles. The van der Waals surface area contributed by atoms with E-state index in [9.17, 15) is 9.70 Å². The lowest BCUT2D eigenvalue weighted by atomic mass is 10.1. The Morgan fingerprint density at radius 2 is 1.91 bits per heavy atom. The van der Waals surface area contributed by atoms with E-state index in [1.165, 1.54) is 0 Å². The predicted molar refractivity (Wildman–Crippen MR) is 118 cm³/mol. The van der Waals surface area contributed by atoms with Crippen LogP contribution in [0.25, 0.3) is 22.9 Å². The summed E-state index contributed by atoms with van der Waals surface area (Å²) in [5.74, 6) is 1.80. The Labute approximate surface area is 187 Å². The van der Waals surface area contributed by atoms with Crippen molar-refractivity contribution in [3.8, 4) is 34.4 Å². The number of aromatic nitrogens is 3. The molecule has 4 aromatic rings. The van der Waals surface area contributed by atoms with Crippen LogP contribution in [0, 0.1) is 4.91 Å². The Kier molecular flexibility index (Phi) is 6.61. The Morgan fingerprint density at radius 3 is 2.69 bits per heavy atom. The molecule has 4 rings (SSSR count). The van der Waals surface area contributed by atoms with Crippen LogP contribution < -0.4 is 9.47 Å². The summed E-state index contributed by atoms with van der Waals surface area (Å²) in [5, 5.41) is 9.42. The fourth-order valence-electron chi connectivity index (χ4n) is 2.87. The van der Waals surface area contributed by atoms with Gasteiger partial charge in [0.25, 0.3) is 5.91 Å². The minimum Gasteiger partial charge on any atom is -0.493 e. The van der Waals surface area contributed by atoms with Gasteiger partial charge in [0.1, 0.15) is 12.4 Å². The maximum atomic E-state index is 11.0. The van der Waals surface area contributed by atoms with Crippen molar-refractivity contribution in [2.75, 3.05) is 12.9 Å². The van der Waals surface area contributed by atoms with Crippen molar-refractivity contribution in [2.45, 2.75) is 11.8 Å². The maximum Gasteiger partial charge on any atom is 0.296 e. The van der Waals surface area contributed by atoms with E-state index in [4.69, 9.17) is 13.9 Å². The van der Waals surface area contributed by atoms with Gasteiger partial charge < -0.3 is 13.9 Å². The number of benzene rings is 2. The molecule has 10 heteroatoms. The second-order valence-electron chi connectivity index (χ2n) is 6.54. The van der Waals surface area contributed by atoms with E-state index >= 15 is 0 Å². The van der Waals surface area contributed by atoms with Gasteiger partial charge in [-0.05, 0) is 35.9 Å². The topological polar surface area (TPSA) is 120 Å². The molecular weight excluding hydrogens is 432 g/mol. The lowest BCUT2D eigenvalue weighted by Crippen LogP contribution is -1.97. The Bertz CT molecular complexity index is 1220. The minimum atomic E-state index is -0.772. The van der Waals surface area contributed by atoms with Crippen molar-refractivity contribution in [3.05, 3.63) is 71.1 Å². The van der Waals surface area contributed by atoms with Crippen LogP contribution in [0.5, 0.6) is 11.5 Å². The number of ether oxygens (including phenoxy) is 2. The molecule has 1 amide bonds. The molecule has 2 aromatic heterocycles. The summed E-state index contributed by atoms with van der Waals surface area (Å²) in [6, 6.07) is 19.0. The number of hydrogen-bond acceptors (Lipinski definition) is 8. The lowest BCUT2D eigenvalue weighted by Gasteiger charge is -2.12. The second-order valence-corrected chi connectivity index (χ2v) is 7.49. The number of furan rings is 1. The highest BCUT2D eigenvalue weighted by Gasteiger charge is 2.15. The number of aromatic amines is 1. The van der Waals surface area contributed by atoms with Crippen LogP contribution in [-0.4, -0.2) is 34.0 Å². The molecule has 9 nitrogen and oxygen atoms in total. The Morgan fingerprint density at radius 1 is 1.09 bits per heavy atom. The molecule has 0 atom stereocenters. The van der Waals surface area contributed by atoms with Gasteiger partial charge in [-0.1, -0.05) is 42.1 Å². The molecule has 1 N–H and O–H groups in total. The van der Waals surface area contributed by atoms with Gasteiger partial charge in [0, 0.05) is 10.7 Å². The first-order chi connectivity index (χ1) is 15.7. The van der Waals surface area contributed by atoms with Gasteiger partial charge in [0.05, 0.1) is 12.9 Å². The smallest absolute Gasteiger partial charge is 0.296 e. The highest BCUT2D eigenvalue weighted by atomic mass is 32.2. The number of nitrogens with zero attached hydrogens (tertiary/aromatic N) is 3. The zero-order chi connectivity index (χ0) is 22.3. The quantitative estimate of drug-likeness (QED) is 0.288. The summed E-state index contributed by atoms with van der Waals surface area (Å²) in [4.78, 5) is 25.5. The minimum absolute atomic E-state index is 0.123. The summed E-state index contributed by atoms with van der Waals surface area (Å²) in [6.07, 6.45) is 0. The normalized spacial score (nSPS) is 10.7. The number of carbonyl (C=O) groups is 1. The second kappa shape index (κ2) is 9.92. The number of nitrogens with one attached hydrogen (secondary N) is 1. The average Bonchev–Trinajstić information content (AvgIpc) is 3.51. The van der Waals surface area contributed by atoms with Gasteiger partial charge in [0.2, 0.25) is 5.16 Å². The van der Waals surface area contributed by atoms with Crippen molar-refractivity contribution in [1.82, 2.24) is 15.2 Å². The monoisotopic (exact) mass is 450 g/mol. The molecule has 0 aliphatic carbocycles. The van der Waals surface area contributed by atoms with Crippen molar-refractivity contribution in [3.63, 3.8) is 0 Å². The molecule has 0 unspecified atom stereocenters. The van der Waals surface area contributed by atoms with E-state index in [-0.39, 0.29) is 5.75 Å². The predicted octanol–water partition coefficient (Wildman–Crippen LogP) is 4.70. The number of carbonyl (C=O) groups excluding carboxylic acids is 1. The molecule has 0 saturated carbocycles. The van der Waals surface area contributed by atoms with Crippen LogP contribution in [0.15, 0.2) is 75.4 Å². The first kappa shape index (κ1) is 21.3. The number of H-pyrrole nitrogens is 1. The molecule has 162 valence electrons. The standard InChI is InChI=1S/C22H18N4O5S/c1-29-17-8-7-15(11-19(17)30-12-14-5-3-2-4-6-14)16-9-10-18(31-16)21-23-22(25-24-21)32-13-20(27)26-28/h2-11H,12-13H2,1H3,(H,23,24,25). The SMILES string of the molecule is COc1ccc(-c2ccc(-c3nc(SCC(=O)N=O)n[nH]3)o2)cc1OCc1ccccc1. The van der Waals surface area contributed by atoms with E-state index in [0.717, 1.165) is 22.9 Å². The van der Waals surface area contributed by atoms with Crippen LogP contribution in [0.1, 0.15) is 5.56 Å². The highest BCUT2D eigenvalue weighted by molar-refractivity contribution is 7.99. The summed E-state index contributed by atoms with van der Waals surface area (Å²) in [5.41, 5.74) is 1.85. The Hall–Kier alpha value is -3.92. The number of thioether (sulfide) groups is 1. The zero-order valence-electron chi connectivity index (χ0n) is 17.0. The summed E-state index contributed by atoms with van der Waals surface area (Å²) < 4.78 is 17.3. The largest absolute Gasteiger partial charge is 0.493 e. The molecule has 2 heterocycles. The first-order valence-corrected chi connectivity index (χ1v) is 10.5. The molecule has 0 aliphatic rings. The molecule has 0 fully saturated rings. The van der Waals surface area contributed by atoms with Crippen molar-refractivity contribution in [1.29, 1.82) is 0 Å². The third kappa shape index (κ3) is 5.03.